The fourth-order valence-electron chi connectivity index (χ4n) is 0.834. The summed E-state index contributed by atoms with van der Waals surface area (Å²) in [4.78, 5) is 0. The van der Waals surface area contributed by atoms with E-state index in [9.17, 15) is 52.7 Å². The van der Waals surface area contributed by atoms with Gasteiger partial charge in [0.05, 0.1) is 10.6 Å². The summed E-state index contributed by atoms with van der Waals surface area (Å²) in [7, 11) is -6.87. The van der Waals surface area contributed by atoms with E-state index in [2.05, 4.69) is 0 Å². The van der Waals surface area contributed by atoms with E-state index in [0.717, 1.165) is 0 Å². The number of allylic oxidation sites excluding steroid dienone is 2. The van der Waals surface area contributed by atoms with Gasteiger partial charge in [0.25, 0.3) is 0 Å². The van der Waals surface area contributed by atoms with Crippen LogP contribution in [0.2, 0.25) is 0 Å². The molecule has 0 aromatic carbocycles. The lowest BCUT2D eigenvalue weighted by atomic mass is 10.4. The van der Waals surface area contributed by atoms with Gasteiger partial charge in [0.2, 0.25) is 0 Å². The Morgan fingerprint density at radius 1 is 0.450 bits per heavy atom. The third kappa shape index (κ3) is 7.52. The van der Waals surface area contributed by atoms with Crippen molar-refractivity contribution in [2.75, 3.05) is 0 Å². The molecule has 0 amide bonds. The molecular formula is C6H2F12P2. The largest absolute Gasteiger partial charge is 0.417 e. The number of alkyl halides is 12. The van der Waals surface area contributed by atoms with Gasteiger partial charge in [-0.25, -0.2) is 0 Å². The molecule has 0 radical (unpaired) electrons. The maximum atomic E-state index is 12.2. The van der Waals surface area contributed by atoms with Crippen LogP contribution in [0.1, 0.15) is 0 Å². The van der Waals surface area contributed by atoms with Gasteiger partial charge in [0.1, 0.15) is 0 Å². The van der Waals surface area contributed by atoms with Crippen LogP contribution in [-0.2, 0) is 0 Å². The smallest absolute Gasteiger partial charge is 0.167 e. The first-order chi connectivity index (χ1) is 8.43. The molecule has 0 N–H and O–H groups in total. The van der Waals surface area contributed by atoms with Crippen molar-refractivity contribution in [1.82, 2.24) is 0 Å². The Hall–Kier alpha value is -0.240. The summed E-state index contributed by atoms with van der Waals surface area (Å²) in [6.45, 7) is 0. The van der Waals surface area contributed by atoms with Gasteiger partial charge in [-0.1, -0.05) is 0 Å². The molecule has 0 saturated carbocycles. The van der Waals surface area contributed by atoms with E-state index in [0.29, 0.717) is 0 Å². The molecule has 0 aliphatic carbocycles. The first kappa shape index (κ1) is 19.8. The number of hydrogen-bond acceptors (Lipinski definition) is 0. The number of hydrogen-bond donors (Lipinski definition) is 0. The van der Waals surface area contributed by atoms with Gasteiger partial charge < -0.3 is 0 Å². The van der Waals surface area contributed by atoms with Crippen LogP contribution >= 0.6 is 17.2 Å². The highest BCUT2D eigenvalue weighted by atomic mass is 31.1. The van der Waals surface area contributed by atoms with Crippen molar-refractivity contribution in [3.8, 4) is 0 Å². The molecule has 0 bridgehead atoms. The molecule has 2 atom stereocenters. The molecule has 0 aromatic heterocycles. The lowest BCUT2D eigenvalue weighted by Gasteiger charge is -2.21. The molecule has 0 spiro atoms. The maximum absolute atomic E-state index is 12.2. The molecule has 0 aliphatic heterocycles. The van der Waals surface area contributed by atoms with Gasteiger partial charge in [-0.15, -0.1) is 0 Å². The predicted molar refractivity (Wildman–Crippen MR) is 47.9 cm³/mol. The van der Waals surface area contributed by atoms with Gasteiger partial charge in [-0.05, 0) is 0 Å². The first-order valence-corrected chi connectivity index (χ1v) is 6.02. The van der Waals surface area contributed by atoms with E-state index in [1.807, 2.05) is 0 Å². The van der Waals surface area contributed by atoms with Crippen LogP contribution in [0.15, 0.2) is 10.6 Å². The molecule has 20 heavy (non-hydrogen) atoms. The fraction of sp³-hybridized carbons (Fsp3) is 0.667. The Bertz CT molecular complexity index is 329. The Labute approximate surface area is 106 Å². The number of halogens is 12. The maximum Gasteiger partial charge on any atom is 0.417 e. The molecule has 120 valence electrons. The summed E-state index contributed by atoms with van der Waals surface area (Å²) >= 11 is 0. The summed E-state index contributed by atoms with van der Waals surface area (Å²) < 4.78 is 144. The van der Waals surface area contributed by atoms with E-state index >= 15 is 0 Å². The summed E-state index contributed by atoms with van der Waals surface area (Å²) in [6.07, 6.45) is -12.3. The lowest BCUT2D eigenvalue weighted by Crippen LogP contribution is -2.21. The van der Waals surface area contributed by atoms with Crippen molar-refractivity contribution >= 4 is 17.2 Å². The third-order valence-corrected chi connectivity index (χ3v) is 3.73. The number of rotatable bonds is 2. The highest BCUT2D eigenvalue weighted by Gasteiger charge is 2.52. The van der Waals surface area contributed by atoms with Crippen molar-refractivity contribution in [3.05, 3.63) is 10.6 Å². The molecule has 0 nitrogen and oxygen atoms in total. The molecular weight excluding hydrogens is 362 g/mol. The minimum atomic E-state index is -6.17. The SMILES string of the molecule is FC(F)(F)P/C(=C(\PC(F)(F)F)C(F)(F)F)C(F)(F)F. The molecule has 2 unspecified atom stereocenters. The zero-order valence-corrected chi connectivity index (χ0v) is 10.5. The van der Waals surface area contributed by atoms with Gasteiger partial charge in [-0.2, -0.15) is 52.7 Å². The minimum Gasteiger partial charge on any atom is -0.167 e. The third-order valence-electron chi connectivity index (χ3n) is 1.35. The van der Waals surface area contributed by atoms with E-state index in [1.54, 1.807) is 0 Å². The van der Waals surface area contributed by atoms with Crippen LogP contribution < -0.4 is 0 Å². The van der Waals surface area contributed by atoms with Crippen molar-refractivity contribution in [2.24, 2.45) is 0 Å². The Morgan fingerprint density at radius 3 is 0.750 bits per heavy atom. The summed E-state index contributed by atoms with van der Waals surface area (Å²) in [5, 5.41) is -6.51. The predicted octanol–water partition coefficient (Wildman–Crippen LogP) is 5.72. The second-order valence-corrected chi connectivity index (χ2v) is 5.62. The average Bonchev–Trinajstić information content (AvgIpc) is 2.04. The van der Waals surface area contributed by atoms with Crippen LogP contribution in [0.3, 0.4) is 0 Å². The van der Waals surface area contributed by atoms with Gasteiger partial charge in [0, 0.05) is 17.2 Å². The zero-order chi connectivity index (χ0) is 16.6. The van der Waals surface area contributed by atoms with Crippen molar-refractivity contribution < 1.29 is 52.7 Å². The van der Waals surface area contributed by atoms with E-state index in [4.69, 9.17) is 0 Å². The highest BCUT2D eigenvalue weighted by molar-refractivity contribution is 7.49. The van der Waals surface area contributed by atoms with Crippen LogP contribution in [0, 0.1) is 0 Å². The molecule has 0 saturated heterocycles. The van der Waals surface area contributed by atoms with Gasteiger partial charge in [0.15, 0.2) is 0 Å². The fourth-order valence-corrected chi connectivity index (χ4v) is 2.59. The Kier molecular flexibility index (Phi) is 5.80. The molecule has 0 aliphatic rings. The molecule has 0 aromatic rings. The van der Waals surface area contributed by atoms with Crippen molar-refractivity contribution in [2.45, 2.75) is 24.2 Å². The summed E-state index contributed by atoms with van der Waals surface area (Å²) in [6, 6.07) is 0. The molecule has 0 heterocycles. The second kappa shape index (κ2) is 5.87. The first-order valence-electron chi connectivity index (χ1n) is 4.02. The second-order valence-electron chi connectivity index (χ2n) is 2.99. The van der Waals surface area contributed by atoms with E-state index < -0.39 is 52.0 Å². The van der Waals surface area contributed by atoms with Gasteiger partial charge >= 0.3 is 24.2 Å². The molecule has 0 rings (SSSR count). The summed E-state index contributed by atoms with van der Waals surface area (Å²) in [5.74, 6) is -11.4. The van der Waals surface area contributed by atoms with Crippen LogP contribution in [-0.4, -0.2) is 24.2 Å². The van der Waals surface area contributed by atoms with Crippen LogP contribution in [0.5, 0.6) is 0 Å². The Balaban J connectivity index is 6.02. The van der Waals surface area contributed by atoms with Crippen LogP contribution in [0.4, 0.5) is 52.7 Å². The van der Waals surface area contributed by atoms with Crippen LogP contribution in [0.25, 0.3) is 0 Å². The standard InChI is InChI=1S/C6H2F12P2/c7-3(8,9)1(19-5(13,14)15)2(4(10,11)12)20-6(16,17)18/h19-20H/b2-1-. The minimum absolute atomic E-state index is 3.26. The topological polar surface area (TPSA) is 0 Å². The van der Waals surface area contributed by atoms with E-state index in [-0.39, 0.29) is 0 Å². The van der Waals surface area contributed by atoms with Crippen molar-refractivity contribution in [1.29, 1.82) is 0 Å². The quantitative estimate of drug-likeness (QED) is 0.434. The zero-order valence-electron chi connectivity index (χ0n) is 8.54. The molecule has 14 heteroatoms. The normalized spacial score (nSPS) is 17.4. The van der Waals surface area contributed by atoms with Gasteiger partial charge in [-0.3, -0.25) is 0 Å². The lowest BCUT2D eigenvalue weighted by molar-refractivity contribution is -0.107. The van der Waals surface area contributed by atoms with Crippen molar-refractivity contribution in [3.63, 3.8) is 0 Å². The monoisotopic (exact) mass is 364 g/mol. The molecule has 0 fully saturated rings. The summed E-state index contributed by atoms with van der Waals surface area (Å²) in [5.41, 5.74) is 0. The highest BCUT2D eigenvalue weighted by Crippen LogP contribution is 2.59. The average molecular weight is 364 g/mol. The Morgan fingerprint density at radius 2 is 0.650 bits per heavy atom. The van der Waals surface area contributed by atoms with E-state index in [1.165, 1.54) is 0 Å².